The van der Waals surface area contributed by atoms with E-state index < -0.39 is 42.6 Å². The van der Waals surface area contributed by atoms with Crippen molar-refractivity contribution in [3.05, 3.63) is 29.8 Å². The Hall–Kier alpha value is -3.28. The van der Waals surface area contributed by atoms with Crippen LogP contribution in [0.5, 0.6) is 0 Å². The molecule has 1 rings (SSSR count). The van der Waals surface area contributed by atoms with Crippen molar-refractivity contribution in [2.24, 2.45) is 0 Å². The summed E-state index contributed by atoms with van der Waals surface area (Å²) in [5.74, 6) is -4.37. The second-order valence-electron chi connectivity index (χ2n) is 6.68. The van der Waals surface area contributed by atoms with Gasteiger partial charge in [-0.15, -0.1) is 11.8 Å². The number of ether oxygens (including phenoxy) is 1. The summed E-state index contributed by atoms with van der Waals surface area (Å²) in [4.78, 5) is 57.9. The lowest BCUT2D eigenvalue weighted by Crippen LogP contribution is -2.43. The Morgan fingerprint density at radius 1 is 0.969 bits per heavy atom. The smallest absolute Gasteiger partial charge is 0.408 e. The minimum Gasteiger partial charge on any atom is -0.481 e. The molecule has 5 N–H and O–H groups in total. The molecule has 0 radical (unpaired) electrons. The molecule has 176 valence electrons. The van der Waals surface area contributed by atoms with Crippen LogP contribution in [0.2, 0.25) is 0 Å². The number of benzene rings is 1. The Kier molecular flexibility index (Phi) is 11.6. The van der Waals surface area contributed by atoms with E-state index in [0.29, 0.717) is 18.4 Å². The van der Waals surface area contributed by atoms with Crippen LogP contribution in [0, 0.1) is 0 Å². The number of hydrogen-bond donors (Lipinski definition) is 5. The summed E-state index contributed by atoms with van der Waals surface area (Å²) in [5.41, 5.74) is 0.502. The van der Waals surface area contributed by atoms with Gasteiger partial charge in [0.05, 0.1) is 0 Å². The Bertz CT molecular complexity index is 814. The molecule has 2 amide bonds. The first kappa shape index (κ1) is 26.8. The molecule has 2 atom stereocenters. The minimum atomic E-state index is -1.52. The van der Waals surface area contributed by atoms with Crippen LogP contribution < -0.4 is 10.6 Å². The molecule has 12 heteroatoms. The van der Waals surface area contributed by atoms with Crippen LogP contribution in [0.4, 0.5) is 4.79 Å². The molecule has 0 saturated heterocycles. The van der Waals surface area contributed by atoms with E-state index in [1.165, 1.54) is 0 Å². The number of hydrogen-bond acceptors (Lipinski definition) is 7. The third-order valence-electron chi connectivity index (χ3n) is 4.29. The molecule has 0 bridgehead atoms. The number of alkyl carbamates (subject to hydrolysis) is 1. The maximum Gasteiger partial charge on any atom is 0.408 e. The summed E-state index contributed by atoms with van der Waals surface area (Å²) < 4.78 is 4.77. The molecule has 0 aliphatic heterocycles. The summed E-state index contributed by atoms with van der Waals surface area (Å²) in [7, 11) is 0. The van der Waals surface area contributed by atoms with Gasteiger partial charge in [-0.05, 0) is 56.2 Å². The zero-order chi connectivity index (χ0) is 24.1. The summed E-state index contributed by atoms with van der Waals surface area (Å²) in [6.07, 6.45) is -1.03. The number of aliphatic carboxylic acids is 3. The number of carbonyl (C=O) groups is 5. The molecular formula is C20H26N2O9S. The van der Waals surface area contributed by atoms with Crippen LogP contribution >= 0.6 is 11.8 Å². The van der Waals surface area contributed by atoms with Crippen LogP contribution in [-0.4, -0.2) is 70.2 Å². The van der Waals surface area contributed by atoms with Crippen molar-refractivity contribution in [1.82, 2.24) is 10.6 Å². The first-order valence-electron chi connectivity index (χ1n) is 9.70. The summed E-state index contributed by atoms with van der Waals surface area (Å²) >= 11 is 1.56. The van der Waals surface area contributed by atoms with E-state index in [0.717, 1.165) is 4.90 Å². The Labute approximate surface area is 188 Å². The van der Waals surface area contributed by atoms with Crippen LogP contribution in [0.25, 0.3) is 0 Å². The van der Waals surface area contributed by atoms with E-state index in [1.54, 1.807) is 23.9 Å². The molecular weight excluding hydrogens is 444 g/mol. The molecule has 1 aromatic carbocycles. The second-order valence-corrected chi connectivity index (χ2v) is 7.56. The molecule has 0 fully saturated rings. The topological polar surface area (TPSA) is 179 Å². The molecule has 0 aromatic heterocycles. The summed E-state index contributed by atoms with van der Waals surface area (Å²) in [5, 5.41) is 31.5. The van der Waals surface area contributed by atoms with Crippen molar-refractivity contribution in [3.8, 4) is 0 Å². The number of carbonyl (C=O) groups excluding carboxylic acids is 2. The lowest BCUT2D eigenvalue weighted by atomic mass is 10.1. The predicted octanol–water partition coefficient (Wildman–Crippen LogP) is 1.81. The van der Waals surface area contributed by atoms with E-state index in [-0.39, 0.29) is 25.3 Å². The van der Waals surface area contributed by atoms with Crippen LogP contribution in [0.1, 0.15) is 42.5 Å². The van der Waals surface area contributed by atoms with Gasteiger partial charge in [0.2, 0.25) is 6.10 Å². The number of amides is 2. The molecule has 0 aliphatic rings. The van der Waals surface area contributed by atoms with Crippen LogP contribution in [-0.2, 0) is 19.1 Å². The van der Waals surface area contributed by atoms with Gasteiger partial charge in [-0.3, -0.25) is 9.59 Å². The van der Waals surface area contributed by atoms with Crippen molar-refractivity contribution in [3.63, 3.8) is 0 Å². The highest BCUT2D eigenvalue weighted by molar-refractivity contribution is 7.98. The van der Waals surface area contributed by atoms with Gasteiger partial charge in [0.1, 0.15) is 6.04 Å². The summed E-state index contributed by atoms with van der Waals surface area (Å²) in [6.45, 7) is 0.290. The molecule has 0 unspecified atom stereocenters. The maximum atomic E-state index is 12.1. The molecule has 1 aromatic rings. The highest BCUT2D eigenvalue weighted by atomic mass is 32.2. The van der Waals surface area contributed by atoms with E-state index in [1.807, 2.05) is 23.7 Å². The average Bonchev–Trinajstić information content (AvgIpc) is 2.74. The predicted molar refractivity (Wildman–Crippen MR) is 114 cm³/mol. The molecule has 0 aliphatic carbocycles. The fourth-order valence-corrected chi connectivity index (χ4v) is 2.97. The second kappa shape index (κ2) is 13.9. The van der Waals surface area contributed by atoms with Gasteiger partial charge in [0.25, 0.3) is 5.91 Å². The number of rotatable bonds is 14. The average molecular weight is 471 g/mol. The first-order chi connectivity index (χ1) is 15.1. The van der Waals surface area contributed by atoms with Crippen molar-refractivity contribution >= 4 is 41.7 Å². The summed E-state index contributed by atoms with van der Waals surface area (Å²) in [6, 6.07) is 5.55. The molecule has 0 spiro atoms. The quantitative estimate of drug-likeness (QED) is 0.199. The van der Waals surface area contributed by atoms with Gasteiger partial charge in [0.15, 0.2) is 0 Å². The zero-order valence-corrected chi connectivity index (χ0v) is 18.2. The number of thioether (sulfide) groups is 1. The number of carboxylic acid groups (broad SMARTS) is 3. The SMILES string of the molecule is CSc1ccc(C(=O)NCCCC[C@H](OC(=O)N[C@@H](CCC(=O)O)C(=O)O)C(=O)O)cc1. The minimum absolute atomic E-state index is 0.0477. The van der Waals surface area contributed by atoms with Crippen LogP contribution in [0.15, 0.2) is 29.2 Å². The highest BCUT2D eigenvalue weighted by Gasteiger charge is 2.26. The molecule has 0 saturated carbocycles. The first-order valence-corrected chi connectivity index (χ1v) is 10.9. The van der Waals surface area contributed by atoms with Crippen molar-refractivity contribution in [2.75, 3.05) is 12.8 Å². The fourth-order valence-electron chi connectivity index (χ4n) is 2.56. The van der Waals surface area contributed by atoms with Crippen LogP contribution in [0.3, 0.4) is 0 Å². The lowest BCUT2D eigenvalue weighted by Gasteiger charge is -2.17. The van der Waals surface area contributed by atoms with Gasteiger partial charge in [-0.2, -0.15) is 0 Å². The van der Waals surface area contributed by atoms with E-state index in [2.05, 4.69) is 5.32 Å². The van der Waals surface area contributed by atoms with E-state index >= 15 is 0 Å². The van der Waals surface area contributed by atoms with Gasteiger partial charge >= 0.3 is 24.0 Å². The molecule has 32 heavy (non-hydrogen) atoms. The highest BCUT2D eigenvalue weighted by Crippen LogP contribution is 2.14. The third kappa shape index (κ3) is 10.2. The standard InChI is InChI=1S/C20H26N2O9S/c1-32-13-7-5-12(6-8-13)17(25)21-11-3-2-4-15(19(28)29)31-20(30)22-14(18(26)27)9-10-16(23)24/h5-8,14-15H,2-4,9-11H2,1H3,(H,21,25)(H,22,30)(H,23,24)(H,26,27)(H,28,29)/t14-,15-/m0/s1. The van der Waals surface area contributed by atoms with Crippen molar-refractivity contribution in [2.45, 2.75) is 49.1 Å². The van der Waals surface area contributed by atoms with E-state index in [9.17, 15) is 29.1 Å². The number of unbranched alkanes of at least 4 members (excludes halogenated alkanes) is 1. The Morgan fingerprint density at radius 3 is 2.16 bits per heavy atom. The normalized spacial score (nSPS) is 12.3. The molecule has 11 nitrogen and oxygen atoms in total. The zero-order valence-electron chi connectivity index (χ0n) is 17.4. The third-order valence-corrected chi connectivity index (χ3v) is 5.04. The van der Waals surface area contributed by atoms with Crippen molar-refractivity contribution < 1.29 is 44.0 Å². The Balaban J connectivity index is 2.41. The fraction of sp³-hybridized carbons (Fsp3) is 0.450. The lowest BCUT2D eigenvalue weighted by molar-refractivity contribution is -0.147. The monoisotopic (exact) mass is 470 g/mol. The van der Waals surface area contributed by atoms with Gasteiger partial charge in [-0.25, -0.2) is 14.4 Å². The Morgan fingerprint density at radius 2 is 1.62 bits per heavy atom. The van der Waals surface area contributed by atoms with Gasteiger partial charge in [0, 0.05) is 23.4 Å². The van der Waals surface area contributed by atoms with E-state index in [4.69, 9.17) is 14.9 Å². The molecule has 0 heterocycles. The number of carboxylic acids is 3. The van der Waals surface area contributed by atoms with Gasteiger partial charge in [-0.1, -0.05) is 0 Å². The van der Waals surface area contributed by atoms with Crippen molar-refractivity contribution in [1.29, 1.82) is 0 Å². The number of nitrogens with one attached hydrogen (secondary N) is 2. The van der Waals surface area contributed by atoms with Gasteiger partial charge < -0.3 is 30.7 Å². The largest absolute Gasteiger partial charge is 0.481 e. The maximum absolute atomic E-state index is 12.1.